The second kappa shape index (κ2) is 11.7. The number of amides is 4. The molecular weight excluding hydrogens is 586 g/mol. The second-order valence-electron chi connectivity index (χ2n) is 13.9. The number of piperidine rings is 1. The summed E-state index contributed by atoms with van der Waals surface area (Å²) in [5.74, 6) is -1.88. The molecular formula is C32H42ClN5O6. The van der Waals surface area contributed by atoms with Crippen LogP contribution >= 0.6 is 11.6 Å². The minimum Gasteiger partial charge on any atom is -0.496 e. The van der Waals surface area contributed by atoms with Crippen LogP contribution in [0.2, 0.25) is 0 Å². The van der Waals surface area contributed by atoms with Crippen LogP contribution in [0.4, 0.5) is 0 Å². The zero-order valence-electron chi connectivity index (χ0n) is 26.1. The Morgan fingerprint density at radius 1 is 1.18 bits per heavy atom. The van der Waals surface area contributed by atoms with E-state index in [1.54, 1.807) is 24.1 Å². The molecule has 3 aliphatic rings. The van der Waals surface area contributed by atoms with Crippen molar-refractivity contribution in [2.45, 2.75) is 65.6 Å². The van der Waals surface area contributed by atoms with E-state index < -0.39 is 41.3 Å². The average Bonchev–Trinajstić information content (AvgIpc) is 3.49. The highest BCUT2D eigenvalue weighted by Gasteiger charge is 2.70. The number of Topliss-reactive ketones (excluding diaryl/α,β-unsaturated/α-hetero) is 1. The number of hydrogen-bond donors (Lipinski definition) is 4. The topological polar surface area (TPSA) is 150 Å². The number of methoxy groups -OCH3 is 1. The molecule has 3 fully saturated rings. The first-order valence-electron chi connectivity index (χ1n) is 15.1. The molecule has 0 unspecified atom stereocenters. The van der Waals surface area contributed by atoms with E-state index in [9.17, 15) is 24.0 Å². The Balaban J connectivity index is 1.38. The molecule has 12 heteroatoms. The molecule has 2 aliphatic heterocycles. The van der Waals surface area contributed by atoms with E-state index in [1.807, 2.05) is 32.9 Å². The number of hydrogen-bond acceptors (Lipinski definition) is 6. The van der Waals surface area contributed by atoms with Gasteiger partial charge in [0.25, 0.3) is 5.91 Å². The number of aromatic amines is 1. The van der Waals surface area contributed by atoms with Gasteiger partial charge in [-0.3, -0.25) is 24.0 Å². The lowest BCUT2D eigenvalue weighted by Gasteiger charge is -2.38. The number of likely N-dealkylation sites (tertiary alicyclic amines) is 1. The standard InChI is InChI=1S/C32H42ClN5O6/c1-31(2,3)26(37-28(41)21-13-17-19(35-21)8-7-9-23(17)44-6)30(43)38-15-18-24(32(18,4)5)25(38)29(42)36-20(22(39)14-33)12-16-10-11-34-27(16)40/h7-9,13,16,18,20,24-26,35H,10-12,14-15H2,1-6H3,(H,34,40)(H,36,42)(H,37,41)/t16-,18-,20-,24-,25-,26+/m0/s1. The van der Waals surface area contributed by atoms with Crippen molar-refractivity contribution in [3.05, 3.63) is 30.0 Å². The Hall–Kier alpha value is -3.60. The third kappa shape index (κ3) is 5.78. The van der Waals surface area contributed by atoms with Crippen molar-refractivity contribution in [2.75, 3.05) is 26.1 Å². The van der Waals surface area contributed by atoms with E-state index in [4.69, 9.17) is 16.3 Å². The largest absolute Gasteiger partial charge is 0.496 e. The molecule has 11 nitrogen and oxygen atoms in total. The molecule has 44 heavy (non-hydrogen) atoms. The summed E-state index contributed by atoms with van der Waals surface area (Å²) in [4.78, 5) is 71.4. The molecule has 0 bridgehead atoms. The minimum atomic E-state index is -0.943. The predicted octanol–water partition coefficient (Wildman–Crippen LogP) is 2.62. The van der Waals surface area contributed by atoms with Crippen LogP contribution < -0.4 is 20.7 Å². The van der Waals surface area contributed by atoms with Crippen molar-refractivity contribution in [3.8, 4) is 5.75 Å². The number of ether oxygens (including phenoxy) is 1. The van der Waals surface area contributed by atoms with Crippen LogP contribution in [-0.2, 0) is 19.2 Å². The van der Waals surface area contributed by atoms with Gasteiger partial charge in [0.05, 0.1) is 19.0 Å². The zero-order chi connectivity index (χ0) is 32.1. The Morgan fingerprint density at radius 3 is 2.52 bits per heavy atom. The van der Waals surface area contributed by atoms with Crippen molar-refractivity contribution in [1.82, 2.24) is 25.8 Å². The van der Waals surface area contributed by atoms with Gasteiger partial charge in [-0.2, -0.15) is 0 Å². The highest BCUT2D eigenvalue weighted by molar-refractivity contribution is 6.28. The molecule has 0 spiro atoms. The van der Waals surface area contributed by atoms with Crippen molar-refractivity contribution >= 4 is 51.9 Å². The Morgan fingerprint density at radius 2 is 1.91 bits per heavy atom. The maximum atomic E-state index is 14.3. The monoisotopic (exact) mass is 627 g/mol. The molecule has 1 aromatic carbocycles. The van der Waals surface area contributed by atoms with Crippen molar-refractivity contribution in [3.63, 3.8) is 0 Å². The van der Waals surface area contributed by atoms with E-state index in [-0.39, 0.29) is 52.8 Å². The third-order valence-electron chi connectivity index (χ3n) is 9.76. The van der Waals surface area contributed by atoms with E-state index in [1.165, 1.54) is 0 Å². The number of aromatic nitrogens is 1. The summed E-state index contributed by atoms with van der Waals surface area (Å²) in [7, 11) is 1.56. The maximum absolute atomic E-state index is 14.3. The first-order chi connectivity index (χ1) is 20.7. The molecule has 1 saturated carbocycles. The smallest absolute Gasteiger partial charge is 0.268 e. The predicted molar refractivity (Wildman–Crippen MR) is 165 cm³/mol. The minimum absolute atomic E-state index is 0.0995. The molecule has 4 amide bonds. The van der Waals surface area contributed by atoms with Crippen molar-refractivity contribution < 1.29 is 28.7 Å². The molecule has 2 saturated heterocycles. The summed E-state index contributed by atoms with van der Waals surface area (Å²) >= 11 is 5.89. The summed E-state index contributed by atoms with van der Waals surface area (Å²) in [6.07, 6.45) is 0.722. The fraction of sp³-hybridized carbons (Fsp3) is 0.594. The first kappa shape index (κ1) is 31.8. The number of fused-ring (bicyclic) bond motifs is 2. The van der Waals surface area contributed by atoms with E-state index >= 15 is 0 Å². The molecule has 4 N–H and O–H groups in total. The number of alkyl halides is 1. The van der Waals surface area contributed by atoms with E-state index in [0.717, 1.165) is 10.9 Å². The van der Waals surface area contributed by atoms with Crippen molar-refractivity contribution in [2.24, 2.45) is 28.6 Å². The van der Waals surface area contributed by atoms with E-state index in [2.05, 4.69) is 34.8 Å². The number of halogens is 1. The highest BCUT2D eigenvalue weighted by atomic mass is 35.5. The van der Waals surface area contributed by atoms with Gasteiger partial charge in [-0.1, -0.05) is 40.7 Å². The Bertz CT molecular complexity index is 1500. The molecule has 0 radical (unpaired) electrons. The van der Waals surface area contributed by atoms with Crippen LogP contribution in [-0.4, -0.2) is 83.5 Å². The normalized spacial score (nSPS) is 25.2. The second-order valence-corrected chi connectivity index (χ2v) is 14.2. The summed E-state index contributed by atoms with van der Waals surface area (Å²) in [6, 6.07) is 4.44. The lowest BCUT2D eigenvalue weighted by atomic mass is 9.85. The van der Waals surface area contributed by atoms with Gasteiger partial charge in [-0.25, -0.2) is 0 Å². The lowest BCUT2D eigenvalue weighted by molar-refractivity contribution is -0.144. The van der Waals surface area contributed by atoms with Gasteiger partial charge in [0.1, 0.15) is 23.5 Å². The number of nitrogens with zero attached hydrogens (tertiary/aromatic N) is 1. The third-order valence-corrected chi connectivity index (χ3v) is 10.0. The summed E-state index contributed by atoms with van der Waals surface area (Å²) in [5.41, 5.74) is 0.153. The SMILES string of the molecule is COc1cccc2[nH]c(C(=O)N[C@H](C(=O)N3C[C@H]4[C@@H]([C@H]3C(=O)N[C@@H](C[C@@H]3CCNC3=O)C(=O)CCl)C4(C)C)C(C)(C)C)cc12. The highest BCUT2D eigenvalue weighted by Crippen LogP contribution is 2.65. The van der Waals surface area contributed by atoms with Gasteiger partial charge in [-0.15, -0.1) is 11.6 Å². The van der Waals surface area contributed by atoms with Gasteiger partial charge in [0.2, 0.25) is 17.7 Å². The molecule has 6 atom stereocenters. The average molecular weight is 628 g/mol. The first-order valence-corrected chi connectivity index (χ1v) is 15.7. The number of carbonyl (C=O) groups excluding carboxylic acids is 5. The zero-order valence-corrected chi connectivity index (χ0v) is 26.8. The number of ketones is 1. The molecule has 1 aliphatic carbocycles. The van der Waals surface area contributed by atoms with Gasteiger partial charge >= 0.3 is 0 Å². The summed E-state index contributed by atoms with van der Waals surface area (Å²) in [6.45, 7) is 10.6. The van der Waals surface area contributed by atoms with Crippen LogP contribution in [0.5, 0.6) is 5.75 Å². The quantitative estimate of drug-likeness (QED) is 0.298. The van der Waals surface area contributed by atoms with Crippen LogP contribution in [0.25, 0.3) is 10.9 Å². The molecule has 1 aromatic heterocycles. The van der Waals surface area contributed by atoms with Crippen LogP contribution in [0.1, 0.15) is 57.9 Å². The maximum Gasteiger partial charge on any atom is 0.268 e. The number of benzene rings is 1. The van der Waals surface area contributed by atoms with E-state index in [0.29, 0.717) is 25.3 Å². The summed E-state index contributed by atoms with van der Waals surface area (Å²) in [5, 5.41) is 9.29. The Labute approximate surface area is 262 Å². The number of nitrogens with one attached hydrogen (secondary N) is 4. The molecule has 3 heterocycles. The molecule has 2 aromatic rings. The number of rotatable bonds is 10. The molecule has 238 valence electrons. The van der Waals surface area contributed by atoms with Crippen molar-refractivity contribution in [1.29, 1.82) is 0 Å². The summed E-state index contributed by atoms with van der Waals surface area (Å²) < 4.78 is 5.42. The van der Waals surface area contributed by atoms with Gasteiger partial charge < -0.3 is 30.6 Å². The van der Waals surface area contributed by atoms with Crippen LogP contribution in [0, 0.1) is 28.6 Å². The fourth-order valence-corrected chi connectivity index (χ4v) is 7.23. The fourth-order valence-electron chi connectivity index (χ4n) is 7.04. The Kier molecular flexibility index (Phi) is 8.48. The van der Waals surface area contributed by atoms with Crippen LogP contribution in [0.15, 0.2) is 24.3 Å². The van der Waals surface area contributed by atoms with Crippen LogP contribution in [0.3, 0.4) is 0 Å². The van der Waals surface area contributed by atoms with Gasteiger partial charge in [0.15, 0.2) is 5.78 Å². The molecule has 5 rings (SSSR count). The number of H-pyrrole nitrogens is 1. The van der Waals surface area contributed by atoms with Gasteiger partial charge in [0, 0.05) is 29.9 Å². The van der Waals surface area contributed by atoms with Gasteiger partial charge in [-0.05, 0) is 53.7 Å². The number of carbonyl (C=O) groups is 5. The lowest BCUT2D eigenvalue weighted by Crippen LogP contribution is -2.60.